The molecule has 1 fully saturated rings. The lowest BCUT2D eigenvalue weighted by Gasteiger charge is -2.07. The summed E-state index contributed by atoms with van der Waals surface area (Å²) in [7, 11) is 1.30. The second-order valence-electron chi connectivity index (χ2n) is 4.41. The van der Waals surface area contributed by atoms with Crippen LogP contribution in [0.15, 0.2) is 12.1 Å². The molecule has 5 heteroatoms. The SMILES string of the molecule is COC(=O)c1cc2c(cc1Cl)C1(CC1)C(=O)N2. The van der Waals surface area contributed by atoms with E-state index in [9.17, 15) is 9.59 Å². The molecule has 0 unspecified atom stereocenters. The van der Waals surface area contributed by atoms with Crippen LogP contribution in [0.25, 0.3) is 0 Å². The first kappa shape index (κ1) is 10.6. The van der Waals surface area contributed by atoms with Crippen LogP contribution in [0.1, 0.15) is 28.8 Å². The molecule has 1 spiro atoms. The van der Waals surface area contributed by atoms with Gasteiger partial charge in [-0.15, -0.1) is 0 Å². The number of carbonyl (C=O) groups is 2. The van der Waals surface area contributed by atoms with Crippen molar-refractivity contribution in [1.29, 1.82) is 0 Å². The van der Waals surface area contributed by atoms with Crippen LogP contribution < -0.4 is 5.32 Å². The van der Waals surface area contributed by atoms with Crippen LogP contribution in [0, 0.1) is 0 Å². The molecule has 0 saturated heterocycles. The average molecular weight is 252 g/mol. The van der Waals surface area contributed by atoms with Crippen LogP contribution in [0.3, 0.4) is 0 Å². The van der Waals surface area contributed by atoms with Gasteiger partial charge in [0.15, 0.2) is 0 Å². The summed E-state index contributed by atoms with van der Waals surface area (Å²) in [5, 5.41) is 3.12. The van der Waals surface area contributed by atoms with Crippen molar-refractivity contribution in [3.05, 3.63) is 28.3 Å². The molecule has 1 aliphatic carbocycles. The Balaban J connectivity index is 2.14. The molecular formula is C12H10ClNO3. The summed E-state index contributed by atoms with van der Waals surface area (Å²) in [6.45, 7) is 0. The minimum absolute atomic E-state index is 0.00517. The summed E-state index contributed by atoms with van der Waals surface area (Å²) in [4.78, 5) is 23.3. The predicted octanol–water partition coefficient (Wildman–Crippen LogP) is 2.11. The van der Waals surface area contributed by atoms with Crippen molar-refractivity contribution in [2.45, 2.75) is 18.3 Å². The summed E-state index contributed by atoms with van der Waals surface area (Å²) >= 11 is 6.04. The molecule has 1 aliphatic heterocycles. The number of halogens is 1. The first-order valence-corrected chi connectivity index (χ1v) is 5.70. The second-order valence-corrected chi connectivity index (χ2v) is 4.81. The third-order valence-electron chi connectivity index (χ3n) is 3.46. The number of benzene rings is 1. The monoisotopic (exact) mass is 251 g/mol. The maximum Gasteiger partial charge on any atom is 0.339 e. The molecule has 0 bridgehead atoms. The second kappa shape index (κ2) is 3.23. The Morgan fingerprint density at radius 3 is 2.76 bits per heavy atom. The molecule has 1 amide bonds. The maximum atomic E-state index is 11.8. The van der Waals surface area contributed by atoms with Gasteiger partial charge in [0.2, 0.25) is 5.91 Å². The van der Waals surface area contributed by atoms with Crippen LogP contribution in [0.2, 0.25) is 5.02 Å². The Kier molecular flexibility index (Phi) is 2.01. The number of esters is 1. The number of anilines is 1. The smallest absolute Gasteiger partial charge is 0.339 e. The van der Waals surface area contributed by atoms with Crippen molar-refractivity contribution in [3.8, 4) is 0 Å². The molecular weight excluding hydrogens is 242 g/mol. The molecule has 2 aliphatic rings. The van der Waals surface area contributed by atoms with Crippen molar-refractivity contribution in [3.63, 3.8) is 0 Å². The number of hydrogen-bond acceptors (Lipinski definition) is 3. The highest BCUT2D eigenvalue weighted by molar-refractivity contribution is 6.34. The topological polar surface area (TPSA) is 55.4 Å². The van der Waals surface area contributed by atoms with E-state index in [2.05, 4.69) is 10.1 Å². The van der Waals surface area contributed by atoms with E-state index in [0.29, 0.717) is 10.7 Å². The van der Waals surface area contributed by atoms with Crippen LogP contribution in [-0.2, 0) is 14.9 Å². The first-order valence-electron chi connectivity index (χ1n) is 5.32. The lowest BCUT2D eigenvalue weighted by molar-refractivity contribution is -0.117. The number of hydrogen-bond donors (Lipinski definition) is 1. The van der Waals surface area contributed by atoms with Gasteiger partial charge in [-0.3, -0.25) is 4.79 Å². The molecule has 4 nitrogen and oxygen atoms in total. The molecule has 1 aromatic carbocycles. The van der Waals surface area contributed by atoms with Crippen molar-refractivity contribution < 1.29 is 14.3 Å². The summed E-state index contributed by atoms with van der Waals surface area (Å²) < 4.78 is 4.64. The van der Waals surface area contributed by atoms with Gasteiger partial charge in [0.1, 0.15) is 0 Å². The van der Waals surface area contributed by atoms with E-state index in [-0.39, 0.29) is 16.9 Å². The van der Waals surface area contributed by atoms with Gasteiger partial charge in [-0.25, -0.2) is 4.79 Å². The molecule has 1 aromatic rings. The fraction of sp³-hybridized carbons (Fsp3) is 0.333. The zero-order valence-electron chi connectivity index (χ0n) is 9.17. The van der Waals surface area contributed by atoms with Gasteiger partial charge in [-0.1, -0.05) is 11.6 Å². The molecule has 1 saturated carbocycles. The van der Waals surface area contributed by atoms with Gasteiger partial charge >= 0.3 is 5.97 Å². The van der Waals surface area contributed by atoms with Gasteiger partial charge in [0.25, 0.3) is 0 Å². The van der Waals surface area contributed by atoms with Gasteiger partial charge in [-0.2, -0.15) is 0 Å². The van der Waals surface area contributed by atoms with Crippen molar-refractivity contribution in [2.24, 2.45) is 0 Å². The number of methoxy groups -OCH3 is 1. The Hall–Kier alpha value is -1.55. The van der Waals surface area contributed by atoms with Crippen LogP contribution in [-0.4, -0.2) is 19.0 Å². The van der Waals surface area contributed by atoms with Crippen LogP contribution >= 0.6 is 11.6 Å². The van der Waals surface area contributed by atoms with Crippen molar-refractivity contribution >= 4 is 29.2 Å². The molecule has 0 radical (unpaired) electrons. The molecule has 3 rings (SSSR count). The number of carbonyl (C=O) groups excluding carboxylic acids is 2. The van der Waals surface area contributed by atoms with Crippen LogP contribution in [0.5, 0.6) is 0 Å². The van der Waals surface area contributed by atoms with E-state index < -0.39 is 5.97 Å². The summed E-state index contributed by atoms with van der Waals surface area (Å²) in [5.41, 5.74) is 1.48. The summed E-state index contributed by atoms with van der Waals surface area (Å²) in [6.07, 6.45) is 1.69. The molecule has 1 heterocycles. The van der Waals surface area contributed by atoms with E-state index in [1.54, 1.807) is 12.1 Å². The minimum Gasteiger partial charge on any atom is -0.465 e. The van der Waals surface area contributed by atoms with Crippen LogP contribution in [0.4, 0.5) is 5.69 Å². The van der Waals surface area contributed by atoms with E-state index in [1.807, 2.05) is 0 Å². The predicted molar refractivity (Wildman–Crippen MR) is 62.3 cm³/mol. The summed E-state index contributed by atoms with van der Waals surface area (Å²) in [5.74, 6) is -0.491. The van der Waals surface area contributed by atoms with Crippen molar-refractivity contribution in [1.82, 2.24) is 0 Å². The Morgan fingerprint density at radius 1 is 1.47 bits per heavy atom. The highest BCUT2D eigenvalue weighted by atomic mass is 35.5. The van der Waals surface area contributed by atoms with Crippen molar-refractivity contribution in [2.75, 3.05) is 12.4 Å². The highest BCUT2D eigenvalue weighted by Crippen LogP contribution is 2.55. The van der Waals surface area contributed by atoms with E-state index >= 15 is 0 Å². The standard InChI is InChI=1S/C12H10ClNO3/c1-17-10(15)6-4-9-7(5-8(6)13)12(2-3-12)11(16)14-9/h4-5H,2-3H2,1H3,(H,14,16). The van der Waals surface area contributed by atoms with E-state index in [1.165, 1.54) is 7.11 Å². The average Bonchev–Trinajstić information content (AvgIpc) is 3.06. The van der Waals surface area contributed by atoms with Gasteiger partial charge < -0.3 is 10.1 Å². The summed E-state index contributed by atoms with van der Waals surface area (Å²) in [6, 6.07) is 3.29. The number of fused-ring (bicyclic) bond motifs is 2. The fourth-order valence-corrected chi connectivity index (χ4v) is 2.57. The lowest BCUT2D eigenvalue weighted by Crippen LogP contribution is -2.18. The zero-order chi connectivity index (χ0) is 12.2. The molecule has 0 aromatic heterocycles. The highest BCUT2D eigenvalue weighted by Gasteiger charge is 2.56. The maximum absolute atomic E-state index is 11.8. The number of amides is 1. The normalized spacial score (nSPS) is 18.8. The van der Waals surface area contributed by atoms with E-state index in [0.717, 1.165) is 18.4 Å². The lowest BCUT2D eigenvalue weighted by atomic mass is 9.96. The third-order valence-corrected chi connectivity index (χ3v) is 3.77. The molecule has 0 atom stereocenters. The first-order chi connectivity index (χ1) is 8.08. The molecule has 17 heavy (non-hydrogen) atoms. The Morgan fingerprint density at radius 2 is 2.18 bits per heavy atom. The quantitative estimate of drug-likeness (QED) is 0.778. The fourth-order valence-electron chi connectivity index (χ4n) is 2.32. The third kappa shape index (κ3) is 1.30. The molecule has 88 valence electrons. The minimum atomic E-state index is -0.496. The number of nitrogens with one attached hydrogen (secondary N) is 1. The van der Waals surface area contributed by atoms with E-state index in [4.69, 9.17) is 11.6 Å². The Bertz CT molecular complexity index is 549. The largest absolute Gasteiger partial charge is 0.465 e. The zero-order valence-corrected chi connectivity index (χ0v) is 9.93. The number of ether oxygens (including phenoxy) is 1. The van der Waals surface area contributed by atoms with Gasteiger partial charge in [0, 0.05) is 5.69 Å². The Labute approximate surface area is 103 Å². The van der Waals surface area contributed by atoms with Gasteiger partial charge in [0.05, 0.1) is 23.1 Å². The number of rotatable bonds is 1. The van der Waals surface area contributed by atoms with Gasteiger partial charge in [-0.05, 0) is 30.5 Å². The molecule has 1 N–H and O–H groups in total.